The number of anilines is 1. The van der Waals surface area contributed by atoms with E-state index in [1.807, 2.05) is 48.5 Å². The molecule has 0 bridgehead atoms. The minimum Gasteiger partial charge on any atom is -0.265 e. The van der Waals surface area contributed by atoms with E-state index in [1.165, 1.54) is 12.1 Å². The molecule has 2 aromatic heterocycles. The summed E-state index contributed by atoms with van der Waals surface area (Å²) in [5, 5.41) is 4.21. The molecule has 0 amide bonds. The zero-order chi connectivity index (χ0) is 19.2. The van der Waals surface area contributed by atoms with E-state index in [-0.39, 0.29) is 5.82 Å². The number of nitrogens with one attached hydrogen (secondary N) is 1. The van der Waals surface area contributed by atoms with E-state index < -0.39 is 0 Å². The van der Waals surface area contributed by atoms with Crippen LogP contribution >= 0.6 is 0 Å². The van der Waals surface area contributed by atoms with Crippen LogP contribution in [0.2, 0.25) is 0 Å². The van der Waals surface area contributed by atoms with Crippen LogP contribution in [0, 0.1) is 5.82 Å². The standard InChI is InChI=1S/C22H16FN5/c23-19-8-6-18(7-9-19)21-14-20(17-4-2-1-3-5-17)26-22(27-21)28-25-15-16-10-12-24-13-11-16/h1-15H,(H,26,27,28)/b25-15-. The molecule has 0 atom stereocenters. The molecular formula is C22H16FN5. The maximum absolute atomic E-state index is 13.3. The topological polar surface area (TPSA) is 63.1 Å². The molecule has 2 heterocycles. The van der Waals surface area contributed by atoms with Crippen molar-refractivity contribution in [3.8, 4) is 22.5 Å². The lowest BCUT2D eigenvalue weighted by Crippen LogP contribution is -2.00. The summed E-state index contributed by atoms with van der Waals surface area (Å²) in [7, 11) is 0. The second kappa shape index (κ2) is 8.18. The molecule has 136 valence electrons. The maximum atomic E-state index is 13.3. The minimum atomic E-state index is -0.290. The van der Waals surface area contributed by atoms with E-state index in [1.54, 1.807) is 30.7 Å². The van der Waals surface area contributed by atoms with Crippen LogP contribution in [0.5, 0.6) is 0 Å². The fourth-order valence-corrected chi connectivity index (χ4v) is 2.64. The highest BCUT2D eigenvalue weighted by Gasteiger charge is 2.08. The van der Waals surface area contributed by atoms with Crippen molar-refractivity contribution in [2.45, 2.75) is 0 Å². The van der Waals surface area contributed by atoms with Gasteiger partial charge in [-0.15, -0.1) is 0 Å². The molecular weight excluding hydrogens is 353 g/mol. The first-order valence-electron chi connectivity index (χ1n) is 8.67. The normalized spacial score (nSPS) is 10.9. The molecule has 5 nitrogen and oxygen atoms in total. The van der Waals surface area contributed by atoms with E-state index in [2.05, 4.69) is 25.5 Å². The molecule has 0 spiro atoms. The summed E-state index contributed by atoms with van der Waals surface area (Å²) < 4.78 is 13.3. The van der Waals surface area contributed by atoms with E-state index in [9.17, 15) is 4.39 Å². The third kappa shape index (κ3) is 4.24. The van der Waals surface area contributed by atoms with Crippen LogP contribution in [0.4, 0.5) is 10.3 Å². The number of hydrogen-bond donors (Lipinski definition) is 1. The van der Waals surface area contributed by atoms with Crippen molar-refractivity contribution in [3.05, 3.63) is 96.6 Å². The first-order valence-corrected chi connectivity index (χ1v) is 8.67. The van der Waals surface area contributed by atoms with Crippen molar-refractivity contribution >= 4 is 12.2 Å². The molecule has 4 rings (SSSR count). The Morgan fingerprint density at radius 3 is 2.11 bits per heavy atom. The average Bonchev–Trinajstić information content (AvgIpc) is 2.75. The molecule has 28 heavy (non-hydrogen) atoms. The molecule has 0 saturated heterocycles. The predicted molar refractivity (Wildman–Crippen MR) is 108 cm³/mol. The number of pyridine rings is 1. The van der Waals surface area contributed by atoms with Gasteiger partial charge >= 0.3 is 0 Å². The number of rotatable bonds is 5. The van der Waals surface area contributed by atoms with Crippen LogP contribution in [-0.4, -0.2) is 21.2 Å². The molecule has 0 aliphatic rings. The molecule has 0 aliphatic carbocycles. The zero-order valence-electron chi connectivity index (χ0n) is 14.8. The Kier molecular flexibility index (Phi) is 5.11. The summed E-state index contributed by atoms with van der Waals surface area (Å²) in [6, 6.07) is 21.6. The molecule has 2 aromatic carbocycles. The van der Waals surface area contributed by atoms with Crippen LogP contribution < -0.4 is 5.43 Å². The Morgan fingerprint density at radius 1 is 0.786 bits per heavy atom. The number of nitrogens with zero attached hydrogens (tertiary/aromatic N) is 4. The van der Waals surface area contributed by atoms with Crippen molar-refractivity contribution < 1.29 is 4.39 Å². The van der Waals surface area contributed by atoms with Crippen LogP contribution in [-0.2, 0) is 0 Å². The third-order valence-electron chi connectivity index (χ3n) is 4.02. The van der Waals surface area contributed by atoms with Gasteiger partial charge in [0.05, 0.1) is 17.6 Å². The molecule has 0 aliphatic heterocycles. The van der Waals surface area contributed by atoms with Gasteiger partial charge in [-0.2, -0.15) is 5.10 Å². The van der Waals surface area contributed by atoms with E-state index in [0.29, 0.717) is 11.6 Å². The lowest BCUT2D eigenvalue weighted by Gasteiger charge is -2.08. The summed E-state index contributed by atoms with van der Waals surface area (Å²) in [4.78, 5) is 13.0. The van der Waals surface area contributed by atoms with Gasteiger partial charge in [0, 0.05) is 23.5 Å². The summed E-state index contributed by atoms with van der Waals surface area (Å²) in [5.74, 6) is 0.0624. The van der Waals surface area contributed by atoms with Gasteiger partial charge in [-0.1, -0.05) is 30.3 Å². The van der Waals surface area contributed by atoms with Crippen LogP contribution in [0.15, 0.2) is 90.3 Å². The monoisotopic (exact) mass is 369 g/mol. The van der Waals surface area contributed by atoms with Gasteiger partial charge in [-0.05, 0) is 48.0 Å². The molecule has 0 saturated carbocycles. The zero-order valence-corrected chi connectivity index (χ0v) is 14.8. The summed E-state index contributed by atoms with van der Waals surface area (Å²) in [6.45, 7) is 0. The summed E-state index contributed by atoms with van der Waals surface area (Å²) in [6.07, 6.45) is 5.05. The smallest absolute Gasteiger partial charge is 0.244 e. The fourth-order valence-electron chi connectivity index (χ4n) is 2.64. The minimum absolute atomic E-state index is 0.290. The second-order valence-electron chi connectivity index (χ2n) is 5.99. The van der Waals surface area contributed by atoms with Gasteiger partial charge in [0.1, 0.15) is 5.82 Å². The highest BCUT2D eigenvalue weighted by molar-refractivity contribution is 5.79. The SMILES string of the molecule is Fc1ccc(-c2cc(-c3ccccc3)nc(N/N=C\c3ccncc3)n2)cc1. The molecule has 0 fully saturated rings. The van der Waals surface area contributed by atoms with Gasteiger partial charge in [0.25, 0.3) is 0 Å². The molecule has 6 heteroatoms. The Balaban J connectivity index is 1.69. The van der Waals surface area contributed by atoms with Crippen molar-refractivity contribution in [1.82, 2.24) is 15.0 Å². The van der Waals surface area contributed by atoms with Gasteiger partial charge in [0.2, 0.25) is 5.95 Å². The fraction of sp³-hybridized carbons (Fsp3) is 0. The first-order chi connectivity index (χ1) is 13.8. The lowest BCUT2D eigenvalue weighted by atomic mass is 10.1. The Hall–Kier alpha value is -3.93. The van der Waals surface area contributed by atoms with E-state index >= 15 is 0 Å². The quantitative estimate of drug-likeness (QED) is 0.406. The van der Waals surface area contributed by atoms with Gasteiger partial charge in [0.15, 0.2) is 0 Å². The number of hydrogen-bond acceptors (Lipinski definition) is 5. The number of hydrazone groups is 1. The molecule has 0 unspecified atom stereocenters. The molecule has 4 aromatic rings. The largest absolute Gasteiger partial charge is 0.265 e. The second-order valence-corrected chi connectivity index (χ2v) is 5.99. The van der Waals surface area contributed by atoms with Crippen molar-refractivity contribution in [2.24, 2.45) is 5.10 Å². The number of halogens is 1. The predicted octanol–water partition coefficient (Wildman–Crippen LogP) is 4.79. The van der Waals surface area contributed by atoms with Crippen LogP contribution in [0.1, 0.15) is 5.56 Å². The van der Waals surface area contributed by atoms with Crippen molar-refractivity contribution in [3.63, 3.8) is 0 Å². The summed E-state index contributed by atoms with van der Waals surface area (Å²) in [5.41, 5.74) is 6.95. The molecule has 1 N–H and O–H groups in total. The Bertz CT molecular complexity index is 1080. The number of benzene rings is 2. The Morgan fingerprint density at radius 2 is 1.43 bits per heavy atom. The Labute approximate surface area is 161 Å². The van der Waals surface area contributed by atoms with E-state index in [4.69, 9.17) is 0 Å². The highest BCUT2D eigenvalue weighted by atomic mass is 19.1. The van der Waals surface area contributed by atoms with Crippen molar-refractivity contribution in [1.29, 1.82) is 0 Å². The first kappa shape index (κ1) is 17.5. The maximum Gasteiger partial charge on any atom is 0.244 e. The van der Waals surface area contributed by atoms with E-state index in [0.717, 1.165) is 22.4 Å². The highest BCUT2D eigenvalue weighted by Crippen LogP contribution is 2.25. The van der Waals surface area contributed by atoms with Gasteiger partial charge in [-0.25, -0.2) is 19.8 Å². The molecule has 0 radical (unpaired) electrons. The lowest BCUT2D eigenvalue weighted by molar-refractivity contribution is 0.628. The third-order valence-corrected chi connectivity index (χ3v) is 4.02. The van der Waals surface area contributed by atoms with Gasteiger partial charge < -0.3 is 0 Å². The number of aromatic nitrogens is 3. The van der Waals surface area contributed by atoms with Crippen molar-refractivity contribution in [2.75, 3.05) is 5.43 Å². The van der Waals surface area contributed by atoms with Gasteiger partial charge in [-0.3, -0.25) is 4.98 Å². The van der Waals surface area contributed by atoms with Crippen LogP contribution in [0.3, 0.4) is 0 Å². The summed E-state index contributed by atoms with van der Waals surface area (Å²) >= 11 is 0. The average molecular weight is 369 g/mol. The van der Waals surface area contributed by atoms with Crippen LogP contribution in [0.25, 0.3) is 22.5 Å².